The number of ether oxygens (including phenoxy) is 1. The smallest absolute Gasteiger partial charge is 0.414 e. The van der Waals surface area contributed by atoms with E-state index in [0.29, 0.717) is 30.8 Å². The lowest BCUT2D eigenvalue weighted by Gasteiger charge is -2.20. The first-order chi connectivity index (χ1) is 15.0. The Hall–Kier alpha value is -3.81. The number of nitrogens with zero attached hydrogens (tertiary/aromatic N) is 4. The van der Waals surface area contributed by atoms with Gasteiger partial charge in [0.05, 0.1) is 17.4 Å². The topological polar surface area (TPSA) is 97.3 Å². The number of pyridine rings is 1. The molecule has 31 heavy (non-hydrogen) atoms. The van der Waals surface area contributed by atoms with Crippen molar-refractivity contribution in [2.45, 2.75) is 26.3 Å². The Morgan fingerprint density at radius 2 is 2.06 bits per heavy atom. The van der Waals surface area contributed by atoms with Crippen LogP contribution >= 0.6 is 0 Å². The lowest BCUT2D eigenvalue weighted by Crippen LogP contribution is -2.31. The Morgan fingerprint density at radius 1 is 1.19 bits per heavy atom. The summed E-state index contributed by atoms with van der Waals surface area (Å²) in [5, 5.41) is 2.91. The maximum atomic E-state index is 12.9. The normalized spacial score (nSPS) is 15.6. The molecule has 3 heterocycles. The number of aromatic nitrogens is 3. The van der Waals surface area contributed by atoms with E-state index in [1.54, 1.807) is 41.8 Å². The number of hydrogen-bond acceptors (Lipinski definition) is 6. The van der Waals surface area contributed by atoms with Crippen molar-refractivity contribution >= 4 is 17.7 Å². The summed E-state index contributed by atoms with van der Waals surface area (Å²) in [5.74, 6) is -0.237. The highest BCUT2D eigenvalue weighted by Gasteiger charge is 2.31. The summed E-state index contributed by atoms with van der Waals surface area (Å²) < 4.78 is 5.17. The van der Waals surface area contributed by atoms with Crippen LogP contribution in [0.1, 0.15) is 28.5 Å². The van der Waals surface area contributed by atoms with Crippen LogP contribution in [0, 0.1) is 6.92 Å². The SMILES string of the molecule is Cc1ccc(-c2cc(C(=O)NCCc3cnccn3)cc(N3C(=O)OC[C@H]3C)c2)nc1. The zero-order valence-electron chi connectivity index (χ0n) is 17.4. The number of nitrogens with one attached hydrogen (secondary N) is 1. The molecule has 158 valence electrons. The van der Waals surface area contributed by atoms with Gasteiger partial charge in [0, 0.05) is 54.6 Å². The van der Waals surface area contributed by atoms with Gasteiger partial charge in [0.2, 0.25) is 0 Å². The Kier molecular flexibility index (Phi) is 5.88. The average molecular weight is 417 g/mol. The van der Waals surface area contributed by atoms with Gasteiger partial charge < -0.3 is 10.1 Å². The van der Waals surface area contributed by atoms with Crippen molar-refractivity contribution in [1.29, 1.82) is 0 Å². The average Bonchev–Trinajstić information content (AvgIpc) is 3.12. The maximum Gasteiger partial charge on any atom is 0.414 e. The van der Waals surface area contributed by atoms with Crippen LogP contribution in [0.15, 0.2) is 55.1 Å². The number of cyclic esters (lactones) is 1. The minimum atomic E-state index is -0.421. The predicted molar refractivity (Wildman–Crippen MR) is 116 cm³/mol. The fraction of sp³-hybridized carbons (Fsp3) is 0.261. The van der Waals surface area contributed by atoms with Gasteiger partial charge >= 0.3 is 6.09 Å². The maximum absolute atomic E-state index is 12.9. The van der Waals surface area contributed by atoms with Gasteiger partial charge in [-0.1, -0.05) is 6.07 Å². The summed E-state index contributed by atoms with van der Waals surface area (Å²) in [6.07, 6.45) is 6.83. The van der Waals surface area contributed by atoms with E-state index in [9.17, 15) is 9.59 Å². The molecule has 1 aliphatic rings. The van der Waals surface area contributed by atoms with Crippen LogP contribution in [0.3, 0.4) is 0 Å². The second-order valence-corrected chi connectivity index (χ2v) is 7.49. The Balaban J connectivity index is 1.61. The third kappa shape index (κ3) is 4.69. The number of rotatable bonds is 6. The Bertz CT molecular complexity index is 1090. The van der Waals surface area contributed by atoms with Crippen molar-refractivity contribution in [3.63, 3.8) is 0 Å². The van der Waals surface area contributed by atoms with Crippen molar-refractivity contribution in [2.75, 3.05) is 18.1 Å². The van der Waals surface area contributed by atoms with Crippen molar-refractivity contribution < 1.29 is 14.3 Å². The van der Waals surface area contributed by atoms with Crippen LogP contribution in [-0.2, 0) is 11.2 Å². The van der Waals surface area contributed by atoms with Crippen LogP contribution in [-0.4, -0.2) is 46.1 Å². The molecule has 1 saturated heterocycles. The minimum absolute atomic E-state index is 0.124. The van der Waals surface area contributed by atoms with Crippen LogP contribution < -0.4 is 10.2 Å². The van der Waals surface area contributed by atoms with E-state index >= 15 is 0 Å². The van der Waals surface area contributed by atoms with Crippen molar-refractivity contribution in [3.05, 3.63) is 71.9 Å². The molecule has 8 nitrogen and oxygen atoms in total. The summed E-state index contributed by atoms with van der Waals surface area (Å²) in [6, 6.07) is 9.08. The fourth-order valence-corrected chi connectivity index (χ4v) is 3.41. The highest BCUT2D eigenvalue weighted by molar-refractivity contribution is 5.99. The molecule has 0 spiro atoms. The second kappa shape index (κ2) is 8.91. The van der Waals surface area contributed by atoms with Gasteiger partial charge in [0.1, 0.15) is 6.61 Å². The molecular weight excluding hydrogens is 394 g/mol. The summed E-state index contributed by atoms with van der Waals surface area (Å²) in [4.78, 5) is 39.4. The van der Waals surface area contributed by atoms with Gasteiger partial charge in [-0.15, -0.1) is 0 Å². The lowest BCUT2D eigenvalue weighted by molar-refractivity contribution is 0.0954. The number of hydrogen-bond donors (Lipinski definition) is 1. The molecule has 0 saturated carbocycles. The number of anilines is 1. The third-order valence-electron chi connectivity index (χ3n) is 5.03. The van der Waals surface area contributed by atoms with Crippen LogP contribution in [0.5, 0.6) is 0 Å². The number of carbonyl (C=O) groups excluding carboxylic acids is 2. The fourth-order valence-electron chi connectivity index (χ4n) is 3.41. The molecule has 2 aromatic heterocycles. The first-order valence-corrected chi connectivity index (χ1v) is 10.1. The molecule has 0 unspecified atom stereocenters. The molecule has 1 fully saturated rings. The minimum Gasteiger partial charge on any atom is -0.447 e. The Labute approximate surface area is 180 Å². The van der Waals surface area contributed by atoms with E-state index in [1.165, 1.54) is 0 Å². The second-order valence-electron chi connectivity index (χ2n) is 7.49. The molecule has 4 rings (SSSR count). The number of aryl methyl sites for hydroxylation is 1. The summed E-state index contributed by atoms with van der Waals surface area (Å²) in [5.41, 5.74) is 4.37. The highest BCUT2D eigenvalue weighted by Crippen LogP contribution is 2.29. The van der Waals surface area contributed by atoms with E-state index in [0.717, 1.165) is 22.5 Å². The number of amides is 2. The summed E-state index contributed by atoms with van der Waals surface area (Å²) in [6.45, 7) is 4.60. The van der Waals surface area contributed by atoms with E-state index < -0.39 is 6.09 Å². The van der Waals surface area contributed by atoms with Gasteiger partial charge in [-0.3, -0.25) is 24.6 Å². The monoisotopic (exact) mass is 417 g/mol. The van der Waals surface area contributed by atoms with Crippen molar-refractivity contribution in [1.82, 2.24) is 20.3 Å². The van der Waals surface area contributed by atoms with Gasteiger partial charge in [-0.2, -0.15) is 0 Å². The van der Waals surface area contributed by atoms with Gasteiger partial charge in [-0.05, 0) is 43.7 Å². The van der Waals surface area contributed by atoms with E-state index in [2.05, 4.69) is 20.3 Å². The van der Waals surface area contributed by atoms with Gasteiger partial charge in [0.15, 0.2) is 0 Å². The first-order valence-electron chi connectivity index (χ1n) is 10.1. The molecule has 2 amide bonds. The molecule has 3 aromatic rings. The van der Waals surface area contributed by atoms with Gasteiger partial charge in [-0.25, -0.2) is 4.79 Å². The Morgan fingerprint density at radius 3 is 2.74 bits per heavy atom. The summed E-state index contributed by atoms with van der Waals surface area (Å²) in [7, 11) is 0. The molecule has 8 heteroatoms. The van der Waals surface area contributed by atoms with Gasteiger partial charge in [0.25, 0.3) is 5.91 Å². The molecule has 1 aliphatic heterocycles. The molecule has 0 bridgehead atoms. The zero-order valence-corrected chi connectivity index (χ0v) is 17.4. The molecular formula is C23H23N5O3. The lowest BCUT2D eigenvalue weighted by atomic mass is 10.0. The van der Waals surface area contributed by atoms with Crippen LogP contribution in [0.25, 0.3) is 11.3 Å². The molecule has 0 aliphatic carbocycles. The van der Waals surface area contributed by atoms with Crippen molar-refractivity contribution in [3.8, 4) is 11.3 Å². The molecule has 1 aromatic carbocycles. The van der Waals surface area contributed by atoms with E-state index in [1.807, 2.05) is 32.0 Å². The molecule has 1 atom stereocenters. The standard InChI is InChI=1S/C23H23N5O3/c1-15-3-4-21(27-12-15)17-9-18(11-20(10-17)28-16(2)14-31-23(28)30)22(29)26-6-5-19-13-24-7-8-25-19/h3-4,7-13,16H,5-6,14H2,1-2H3,(H,26,29)/t16-/m1/s1. The van der Waals surface area contributed by atoms with Crippen LogP contribution in [0.2, 0.25) is 0 Å². The van der Waals surface area contributed by atoms with Crippen LogP contribution in [0.4, 0.5) is 10.5 Å². The predicted octanol–water partition coefficient (Wildman–Crippen LogP) is 3.16. The molecule has 1 N–H and O–H groups in total. The van der Waals surface area contributed by atoms with Crippen molar-refractivity contribution in [2.24, 2.45) is 0 Å². The summed E-state index contributed by atoms with van der Waals surface area (Å²) >= 11 is 0. The van der Waals surface area contributed by atoms with E-state index in [-0.39, 0.29) is 11.9 Å². The quantitative estimate of drug-likeness (QED) is 0.662. The zero-order chi connectivity index (χ0) is 21.8. The van der Waals surface area contributed by atoms with E-state index in [4.69, 9.17) is 4.74 Å². The largest absolute Gasteiger partial charge is 0.447 e. The number of carbonyl (C=O) groups is 2. The highest BCUT2D eigenvalue weighted by atomic mass is 16.6. The molecule has 0 radical (unpaired) electrons. The third-order valence-corrected chi connectivity index (χ3v) is 5.03. The number of benzene rings is 1. The first kappa shape index (κ1) is 20.5.